The maximum absolute atomic E-state index is 14.9. The number of ether oxygens (including phenoxy) is 2. The molecule has 0 saturated carbocycles. The number of rotatable bonds is 6. The molecule has 1 unspecified atom stereocenters. The number of halogens is 3. The van der Waals surface area contributed by atoms with Gasteiger partial charge in [-0.15, -0.1) is 0 Å². The van der Waals surface area contributed by atoms with Gasteiger partial charge in [-0.2, -0.15) is 10.4 Å². The third-order valence-corrected chi connectivity index (χ3v) is 5.79. The van der Waals surface area contributed by atoms with E-state index >= 15 is 0 Å². The molecular formula is C24H22F3N5O3. The molecule has 0 aliphatic carbocycles. The number of aromatic nitrogens is 2. The lowest BCUT2D eigenvalue weighted by Gasteiger charge is -2.23. The smallest absolute Gasteiger partial charge is 0.255 e. The van der Waals surface area contributed by atoms with Crippen LogP contribution in [0.2, 0.25) is 0 Å². The molecule has 1 aromatic heterocycles. The fraction of sp³-hybridized carbons (Fsp3) is 0.292. The summed E-state index contributed by atoms with van der Waals surface area (Å²) in [6.07, 6.45) is 1.54. The SMILES string of the molecule is COc1ccc(F)cc1C(=O)NCc1c(F)cc(-c2nn(C3CCCOC3)c(N)c2C#N)cc1F. The van der Waals surface area contributed by atoms with Crippen molar-refractivity contribution in [2.24, 2.45) is 0 Å². The van der Waals surface area contributed by atoms with Crippen molar-refractivity contribution < 1.29 is 27.4 Å². The number of anilines is 1. The van der Waals surface area contributed by atoms with Gasteiger partial charge in [0.1, 0.15) is 46.3 Å². The fourth-order valence-corrected chi connectivity index (χ4v) is 3.98. The van der Waals surface area contributed by atoms with Crippen LogP contribution in [0.1, 0.15) is 40.4 Å². The van der Waals surface area contributed by atoms with Gasteiger partial charge in [0, 0.05) is 24.3 Å². The molecule has 1 amide bonds. The van der Waals surface area contributed by atoms with Gasteiger partial charge in [0.25, 0.3) is 5.91 Å². The number of nitrogens with zero attached hydrogens (tertiary/aromatic N) is 3. The second-order valence-electron chi connectivity index (χ2n) is 7.98. The molecule has 1 saturated heterocycles. The van der Waals surface area contributed by atoms with Gasteiger partial charge in [-0.05, 0) is 43.2 Å². The van der Waals surface area contributed by atoms with Crippen LogP contribution < -0.4 is 15.8 Å². The summed E-state index contributed by atoms with van der Waals surface area (Å²) in [5.74, 6) is -3.13. The number of benzene rings is 2. The van der Waals surface area contributed by atoms with E-state index in [2.05, 4.69) is 10.4 Å². The van der Waals surface area contributed by atoms with Crippen LogP contribution in [0.25, 0.3) is 11.3 Å². The van der Waals surface area contributed by atoms with Gasteiger partial charge < -0.3 is 20.5 Å². The Morgan fingerprint density at radius 3 is 2.69 bits per heavy atom. The van der Waals surface area contributed by atoms with Gasteiger partial charge in [-0.25, -0.2) is 17.9 Å². The van der Waals surface area contributed by atoms with Gasteiger partial charge >= 0.3 is 0 Å². The van der Waals surface area contributed by atoms with Crippen LogP contribution in [-0.2, 0) is 11.3 Å². The summed E-state index contributed by atoms with van der Waals surface area (Å²) < 4.78 is 55.3. The van der Waals surface area contributed by atoms with E-state index in [9.17, 15) is 23.2 Å². The van der Waals surface area contributed by atoms with E-state index < -0.39 is 35.5 Å². The summed E-state index contributed by atoms with van der Waals surface area (Å²) in [6, 6.07) is 7.18. The molecule has 4 rings (SSSR count). The highest BCUT2D eigenvalue weighted by Crippen LogP contribution is 2.32. The van der Waals surface area contributed by atoms with Crippen LogP contribution in [0, 0.1) is 28.8 Å². The standard InChI is InChI=1S/C24H22F3N5O3/c1-34-21-5-4-14(25)9-16(21)24(33)30-11-18-19(26)7-13(8-20(18)27)22-17(10-28)23(29)32(31-22)15-3-2-6-35-12-15/h4-5,7-9,15H,2-3,6,11-12,29H2,1H3,(H,30,33). The van der Waals surface area contributed by atoms with Crippen molar-refractivity contribution in [1.29, 1.82) is 5.26 Å². The number of nitrogens with one attached hydrogen (secondary N) is 1. The Kier molecular flexibility index (Phi) is 6.93. The van der Waals surface area contributed by atoms with Crippen molar-refractivity contribution in [2.45, 2.75) is 25.4 Å². The zero-order valence-electron chi connectivity index (χ0n) is 18.8. The van der Waals surface area contributed by atoms with Crippen LogP contribution in [-0.4, -0.2) is 36.0 Å². The molecule has 182 valence electrons. The molecule has 0 spiro atoms. The second kappa shape index (κ2) is 10.1. The first kappa shape index (κ1) is 24.1. The predicted molar refractivity (Wildman–Crippen MR) is 120 cm³/mol. The number of amides is 1. The van der Waals surface area contributed by atoms with E-state index in [0.29, 0.717) is 13.2 Å². The zero-order valence-corrected chi connectivity index (χ0v) is 18.8. The van der Waals surface area contributed by atoms with Crippen LogP contribution in [0.5, 0.6) is 5.75 Å². The Morgan fingerprint density at radius 2 is 2.06 bits per heavy atom. The summed E-state index contributed by atoms with van der Waals surface area (Å²) in [6.45, 7) is 0.487. The number of nitriles is 1. The van der Waals surface area contributed by atoms with Crippen molar-refractivity contribution in [3.8, 4) is 23.1 Å². The molecule has 0 bridgehead atoms. The molecule has 11 heteroatoms. The van der Waals surface area contributed by atoms with E-state index in [1.807, 2.05) is 6.07 Å². The zero-order chi connectivity index (χ0) is 25.1. The van der Waals surface area contributed by atoms with E-state index in [1.165, 1.54) is 17.9 Å². The molecule has 1 atom stereocenters. The van der Waals surface area contributed by atoms with Gasteiger partial charge in [0.2, 0.25) is 0 Å². The molecule has 0 radical (unpaired) electrons. The number of hydrogen-bond donors (Lipinski definition) is 2. The summed E-state index contributed by atoms with van der Waals surface area (Å²) >= 11 is 0. The lowest BCUT2D eigenvalue weighted by Crippen LogP contribution is -2.24. The van der Waals surface area contributed by atoms with Crippen LogP contribution in [0.15, 0.2) is 30.3 Å². The largest absolute Gasteiger partial charge is 0.496 e. The van der Waals surface area contributed by atoms with Crippen molar-refractivity contribution in [2.75, 3.05) is 26.1 Å². The maximum atomic E-state index is 14.9. The Labute approximate surface area is 199 Å². The third kappa shape index (κ3) is 4.79. The number of carbonyl (C=O) groups is 1. The highest BCUT2D eigenvalue weighted by molar-refractivity contribution is 5.96. The number of hydrogen-bond acceptors (Lipinski definition) is 6. The van der Waals surface area contributed by atoms with Crippen LogP contribution in [0.4, 0.5) is 19.0 Å². The number of carbonyl (C=O) groups excluding carboxylic acids is 1. The van der Waals surface area contributed by atoms with Crippen molar-refractivity contribution in [3.63, 3.8) is 0 Å². The third-order valence-electron chi connectivity index (χ3n) is 5.79. The van der Waals surface area contributed by atoms with E-state index in [4.69, 9.17) is 15.2 Å². The first-order chi connectivity index (χ1) is 16.8. The summed E-state index contributed by atoms with van der Waals surface area (Å²) in [4.78, 5) is 12.5. The second-order valence-corrected chi connectivity index (χ2v) is 7.98. The summed E-state index contributed by atoms with van der Waals surface area (Å²) in [5.41, 5.74) is 5.67. The first-order valence-corrected chi connectivity index (χ1v) is 10.8. The summed E-state index contributed by atoms with van der Waals surface area (Å²) in [7, 11) is 1.31. The monoisotopic (exact) mass is 485 g/mol. The van der Waals surface area contributed by atoms with Crippen LogP contribution >= 0.6 is 0 Å². The average molecular weight is 485 g/mol. The highest BCUT2D eigenvalue weighted by atomic mass is 19.1. The Hall–Kier alpha value is -4.04. The van der Waals surface area contributed by atoms with Gasteiger partial charge in [0.05, 0.1) is 25.3 Å². The van der Waals surface area contributed by atoms with E-state index in [-0.39, 0.29) is 40.0 Å². The van der Waals surface area contributed by atoms with Crippen molar-refractivity contribution in [3.05, 3.63) is 64.5 Å². The molecule has 3 N–H and O–H groups in total. The maximum Gasteiger partial charge on any atom is 0.255 e. The first-order valence-electron chi connectivity index (χ1n) is 10.8. The minimum absolute atomic E-state index is 0.00799. The summed E-state index contributed by atoms with van der Waals surface area (Å²) in [5, 5.41) is 16.3. The van der Waals surface area contributed by atoms with Crippen molar-refractivity contribution in [1.82, 2.24) is 15.1 Å². The highest BCUT2D eigenvalue weighted by Gasteiger charge is 2.25. The normalized spacial score (nSPS) is 15.5. The van der Waals surface area contributed by atoms with E-state index in [0.717, 1.165) is 37.1 Å². The lowest BCUT2D eigenvalue weighted by molar-refractivity contribution is 0.0558. The average Bonchev–Trinajstić information content (AvgIpc) is 3.19. The molecule has 1 aliphatic rings. The van der Waals surface area contributed by atoms with E-state index in [1.54, 1.807) is 0 Å². The molecular weight excluding hydrogens is 463 g/mol. The minimum Gasteiger partial charge on any atom is -0.496 e. The van der Waals surface area contributed by atoms with Crippen molar-refractivity contribution >= 4 is 11.7 Å². The molecule has 3 aromatic rings. The molecule has 2 aromatic carbocycles. The number of methoxy groups -OCH3 is 1. The Morgan fingerprint density at radius 1 is 1.31 bits per heavy atom. The molecule has 2 heterocycles. The predicted octanol–water partition coefficient (Wildman–Crippen LogP) is 3.71. The number of nitrogen functional groups attached to an aromatic ring is 1. The quantitative estimate of drug-likeness (QED) is 0.550. The molecule has 35 heavy (non-hydrogen) atoms. The van der Waals surface area contributed by atoms with Gasteiger partial charge in [-0.3, -0.25) is 4.79 Å². The Balaban J connectivity index is 1.60. The fourth-order valence-electron chi connectivity index (χ4n) is 3.98. The minimum atomic E-state index is -0.954. The topological polar surface area (TPSA) is 115 Å². The molecule has 8 nitrogen and oxygen atoms in total. The van der Waals surface area contributed by atoms with Crippen LogP contribution in [0.3, 0.4) is 0 Å². The lowest BCUT2D eigenvalue weighted by atomic mass is 10.0. The molecule has 1 aliphatic heterocycles. The van der Waals surface area contributed by atoms with Gasteiger partial charge in [-0.1, -0.05) is 0 Å². The number of nitrogens with two attached hydrogens (primary N) is 1. The molecule has 1 fully saturated rings. The van der Waals surface area contributed by atoms with Gasteiger partial charge in [0.15, 0.2) is 0 Å². The Bertz CT molecular complexity index is 1290.